The molecule has 0 saturated carbocycles. The molecule has 1 N–H and O–H groups in total. The molecule has 0 aliphatic rings. The zero-order valence-electron chi connectivity index (χ0n) is 10.2. The zero-order chi connectivity index (χ0) is 13.2. The van der Waals surface area contributed by atoms with Gasteiger partial charge in [0.1, 0.15) is 17.1 Å². The summed E-state index contributed by atoms with van der Waals surface area (Å²) in [6.45, 7) is 5.87. The van der Waals surface area contributed by atoms with Crippen LogP contribution in [-0.4, -0.2) is 26.5 Å². The van der Waals surface area contributed by atoms with Crippen molar-refractivity contribution in [2.45, 2.75) is 19.6 Å². The topological polar surface area (TPSA) is 55.8 Å². The predicted molar refractivity (Wildman–Crippen MR) is 68.9 cm³/mol. The van der Waals surface area contributed by atoms with Crippen LogP contribution in [0.2, 0.25) is 24.7 Å². The van der Waals surface area contributed by atoms with Crippen molar-refractivity contribution < 1.29 is 19.1 Å². The molecular formula is C11H15ClO4Si. The van der Waals surface area contributed by atoms with E-state index in [0.29, 0.717) is 5.75 Å². The number of methoxy groups -OCH3 is 1. The van der Waals surface area contributed by atoms with Gasteiger partial charge in [-0.25, -0.2) is 4.79 Å². The van der Waals surface area contributed by atoms with Gasteiger partial charge in [0, 0.05) is 6.07 Å². The summed E-state index contributed by atoms with van der Waals surface area (Å²) < 4.78 is 10.7. The highest BCUT2D eigenvalue weighted by atomic mass is 35.5. The van der Waals surface area contributed by atoms with Crippen LogP contribution in [0, 0.1) is 0 Å². The summed E-state index contributed by atoms with van der Waals surface area (Å²) in [5.41, 5.74) is 0.0248. The number of ether oxygens (including phenoxy) is 1. The fourth-order valence-electron chi connectivity index (χ4n) is 1.26. The van der Waals surface area contributed by atoms with Crippen molar-refractivity contribution in [2.75, 3.05) is 7.11 Å². The summed E-state index contributed by atoms with van der Waals surface area (Å²) in [5, 5.41) is 9.38. The molecule has 0 fully saturated rings. The summed E-state index contributed by atoms with van der Waals surface area (Å²) in [6.07, 6.45) is 0. The number of carbonyl (C=O) groups is 1. The van der Waals surface area contributed by atoms with Gasteiger partial charge in [-0.1, -0.05) is 11.6 Å². The smallest absolute Gasteiger partial charge is 0.339 e. The second kappa shape index (κ2) is 4.97. The average molecular weight is 275 g/mol. The van der Waals surface area contributed by atoms with E-state index < -0.39 is 14.3 Å². The van der Waals surface area contributed by atoms with Crippen molar-refractivity contribution in [3.63, 3.8) is 0 Å². The van der Waals surface area contributed by atoms with Crippen LogP contribution >= 0.6 is 11.6 Å². The Bertz CT molecular complexity index is 440. The van der Waals surface area contributed by atoms with Crippen LogP contribution in [0.3, 0.4) is 0 Å². The van der Waals surface area contributed by atoms with Gasteiger partial charge in [-0.2, -0.15) is 0 Å². The SMILES string of the molecule is COc1cc(Cl)c(O[Si](C)(C)C)c(C(=O)O)c1. The van der Waals surface area contributed by atoms with Gasteiger partial charge in [0.25, 0.3) is 0 Å². The largest absolute Gasteiger partial charge is 0.543 e. The Kier molecular flexibility index (Phi) is 4.06. The molecule has 1 rings (SSSR count). The first kappa shape index (κ1) is 13.9. The number of carboxylic acid groups (broad SMARTS) is 1. The fraction of sp³-hybridized carbons (Fsp3) is 0.364. The molecule has 0 atom stereocenters. The van der Waals surface area contributed by atoms with Crippen LogP contribution in [0.4, 0.5) is 0 Å². The van der Waals surface area contributed by atoms with Crippen molar-refractivity contribution >= 4 is 25.9 Å². The van der Waals surface area contributed by atoms with E-state index in [1.807, 2.05) is 19.6 Å². The molecule has 94 valence electrons. The fourth-order valence-corrected chi connectivity index (χ4v) is 2.40. The molecule has 0 radical (unpaired) electrons. The molecule has 1 aromatic rings. The molecule has 0 aromatic heterocycles. The summed E-state index contributed by atoms with van der Waals surface area (Å²) in [6, 6.07) is 2.95. The van der Waals surface area contributed by atoms with Crippen LogP contribution < -0.4 is 9.16 Å². The Morgan fingerprint density at radius 2 is 1.94 bits per heavy atom. The predicted octanol–water partition coefficient (Wildman–Crippen LogP) is 3.26. The summed E-state index contributed by atoms with van der Waals surface area (Å²) >= 11 is 6.02. The highest BCUT2D eigenvalue weighted by Gasteiger charge is 2.23. The van der Waals surface area contributed by atoms with Gasteiger partial charge in [0.05, 0.1) is 12.1 Å². The number of hydrogen-bond donors (Lipinski definition) is 1. The summed E-state index contributed by atoms with van der Waals surface area (Å²) in [7, 11) is -0.468. The Hall–Kier alpha value is -1.20. The maximum absolute atomic E-state index is 11.1. The maximum Gasteiger partial charge on any atom is 0.339 e. The first-order valence-corrected chi connectivity index (χ1v) is 8.83. The number of rotatable bonds is 4. The van der Waals surface area contributed by atoms with E-state index in [9.17, 15) is 4.79 Å². The lowest BCUT2D eigenvalue weighted by molar-refractivity contribution is 0.0694. The minimum Gasteiger partial charge on any atom is -0.543 e. The molecule has 6 heteroatoms. The molecule has 0 saturated heterocycles. The van der Waals surface area contributed by atoms with Crippen LogP contribution in [0.5, 0.6) is 11.5 Å². The van der Waals surface area contributed by atoms with E-state index in [0.717, 1.165) is 0 Å². The third kappa shape index (κ3) is 3.64. The van der Waals surface area contributed by atoms with Crippen LogP contribution in [0.1, 0.15) is 10.4 Å². The standard InChI is InChI=1S/C11H15ClO4Si/c1-15-7-5-8(11(13)14)10(9(12)6-7)16-17(2,3)4/h5-6H,1-4H3,(H,13,14). The Labute approximate surface area is 106 Å². The van der Waals surface area contributed by atoms with Crippen LogP contribution in [0.25, 0.3) is 0 Å². The quantitative estimate of drug-likeness (QED) is 0.856. The van der Waals surface area contributed by atoms with Crippen molar-refractivity contribution in [3.05, 3.63) is 22.7 Å². The third-order valence-corrected chi connectivity index (χ3v) is 2.99. The first-order valence-electron chi connectivity index (χ1n) is 5.04. The molecule has 0 aliphatic heterocycles. The normalized spacial score (nSPS) is 11.1. The number of carboxylic acids is 1. The molecule has 0 amide bonds. The lowest BCUT2D eigenvalue weighted by atomic mass is 10.2. The van der Waals surface area contributed by atoms with Crippen LogP contribution in [-0.2, 0) is 0 Å². The monoisotopic (exact) mass is 274 g/mol. The lowest BCUT2D eigenvalue weighted by Gasteiger charge is -2.22. The van der Waals surface area contributed by atoms with E-state index in [1.54, 1.807) is 6.07 Å². The van der Waals surface area contributed by atoms with Gasteiger partial charge in [0.15, 0.2) is 0 Å². The molecule has 0 heterocycles. The number of hydrogen-bond acceptors (Lipinski definition) is 3. The average Bonchev–Trinajstić information content (AvgIpc) is 2.18. The van der Waals surface area contributed by atoms with Gasteiger partial charge in [-0.05, 0) is 25.7 Å². The van der Waals surface area contributed by atoms with Crippen molar-refractivity contribution in [3.8, 4) is 11.5 Å². The molecule has 0 spiro atoms. The Morgan fingerprint density at radius 1 is 1.35 bits per heavy atom. The molecule has 17 heavy (non-hydrogen) atoms. The van der Waals surface area contributed by atoms with Gasteiger partial charge in [0.2, 0.25) is 8.32 Å². The second-order valence-corrected chi connectivity index (χ2v) is 9.34. The van der Waals surface area contributed by atoms with E-state index in [4.69, 9.17) is 25.9 Å². The van der Waals surface area contributed by atoms with Crippen LogP contribution in [0.15, 0.2) is 12.1 Å². The molecule has 0 aliphatic carbocycles. The summed E-state index contributed by atoms with van der Waals surface area (Å²) in [5.74, 6) is -0.464. The van der Waals surface area contributed by atoms with Crippen molar-refractivity contribution in [1.29, 1.82) is 0 Å². The minimum absolute atomic E-state index is 0.0248. The van der Waals surface area contributed by atoms with E-state index in [-0.39, 0.29) is 16.3 Å². The van der Waals surface area contributed by atoms with Gasteiger partial charge in [-0.3, -0.25) is 0 Å². The van der Waals surface area contributed by atoms with E-state index in [1.165, 1.54) is 13.2 Å². The third-order valence-electron chi connectivity index (χ3n) is 1.89. The van der Waals surface area contributed by atoms with E-state index in [2.05, 4.69) is 0 Å². The zero-order valence-corrected chi connectivity index (χ0v) is 12.0. The number of benzene rings is 1. The van der Waals surface area contributed by atoms with Crippen molar-refractivity contribution in [1.82, 2.24) is 0 Å². The van der Waals surface area contributed by atoms with Gasteiger partial charge >= 0.3 is 5.97 Å². The first-order chi connectivity index (χ1) is 7.74. The number of aromatic carboxylic acids is 1. The molecule has 4 nitrogen and oxygen atoms in total. The Morgan fingerprint density at radius 3 is 2.35 bits per heavy atom. The Balaban J connectivity index is 3.32. The molecule has 0 bridgehead atoms. The molecule has 1 aromatic carbocycles. The minimum atomic E-state index is -1.92. The highest BCUT2D eigenvalue weighted by molar-refractivity contribution is 6.70. The van der Waals surface area contributed by atoms with Crippen molar-refractivity contribution in [2.24, 2.45) is 0 Å². The van der Waals surface area contributed by atoms with Gasteiger partial charge < -0.3 is 14.3 Å². The number of halogens is 1. The lowest BCUT2D eigenvalue weighted by Crippen LogP contribution is -2.30. The maximum atomic E-state index is 11.1. The second-order valence-electron chi connectivity index (χ2n) is 4.51. The highest BCUT2D eigenvalue weighted by Crippen LogP contribution is 2.35. The molecular weight excluding hydrogens is 260 g/mol. The van der Waals surface area contributed by atoms with E-state index >= 15 is 0 Å². The summed E-state index contributed by atoms with van der Waals surface area (Å²) in [4.78, 5) is 11.1. The molecule has 0 unspecified atom stereocenters. The van der Waals surface area contributed by atoms with Gasteiger partial charge in [-0.15, -0.1) is 0 Å².